The highest BCUT2D eigenvalue weighted by Crippen LogP contribution is 2.38. The molecule has 7 nitrogen and oxygen atoms in total. The molecule has 0 atom stereocenters. The van der Waals surface area contributed by atoms with Crippen LogP contribution in [0.2, 0.25) is 0 Å². The first-order valence-corrected chi connectivity index (χ1v) is 11.5. The van der Waals surface area contributed by atoms with Crippen LogP contribution in [0.1, 0.15) is 47.5 Å². The smallest absolute Gasteiger partial charge is 0.251 e. The molecule has 0 radical (unpaired) electrons. The number of rotatable bonds is 8. The van der Waals surface area contributed by atoms with Crippen LogP contribution in [0.3, 0.4) is 0 Å². The topological polar surface area (TPSA) is 110 Å². The number of nitrogens with zero attached hydrogens (tertiary/aromatic N) is 2. The summed E-state index contributed by atoms with van der Waals surface area (Å²) in [6.45, 7) is 5.08. The summed E-state index contributed by atoms with van der Waals surface area (Å²) in [5.74, 6) is 0.0849. The summed E-state index contributed by atoms with van der Waals surface area (Å²) in [6.07, 6.45) is 3.96. The van der Waals surface area contributed by atoms with Gasteiger partial charge in [0, 0.05) is 11.4 Å². The molecule has 3 rings (SSSR count). The van der Waals surface area contributed by atoms with Gasteiger partial charge >= 0.3 is 0 Å². The molecule has 10 heteroatoms. The van der Waals surface area contributed by atoms with Gasteiger partial charge in [0.1, 0.15) is 5.00 Å². The van der Waals surface area contributed by atoms with Crippen LogP contribution in [0.5, 0.6) is 0 Å². The number of primary amides is 1. The molecule has 0 fully saturated rings. The van der Waals surface area contributed by atoms with E-state index in [-0.39, 0.29) is 11.7 Å². The molecule has 0 spiro atoms. The Morgan fingerprint density at radius 3 is 2.74 bits per heavy atom. The number of anilines is 2. The number of aryl methyl sites for hydroxylation is 1. The second-order valence-corrected chi connectivity index (χ2v) is 10.1. The minimum absolute atomic E-state index is 0.173. The minimum atomic E-state index is -0.470. The third-order valence-corrected chi connectivity index (χ3v) is 7.29. The Kier molecular flexibility index (Phi) is 6.72. The zero-order valence-corrected chi connectivity index (χ0v) is 17.8. The van der Waals surface area contributed by atoms with Crippen LogP contribution in [0, 0.1) is 5.92 Å². The van der Waals surface area contributed by atoms with E-state index in [1.54, 1.807) is 0 Å². The molecule has 2 aromatic heterocycles. The highest BCUT2D eigenvalue weighted by Gasteiger charge is 2.25. The summed E-state index contributed by atoms with van der Waals surface area (Å²) in [6, 6.07) is 0. The largest absolute Gasteiger partial charge is 0.365 e. The maximum absolute atomic E-state index is 12.4. The van der Waals surface area contributed by atoms with Crippen molar-refractivity contribution in [1.82, 2.24) is 10.2 Å². The van der Waals surface area contributed by atoms with Crippen LogP contribution in [-0.4, -0.2) is 34.3 Å². The fourth-order valence-electron chi connectivity index (χ4n) is 2.84. The highest BCUT2D eigenvalue weighted by molar-refractivity contribution is 8.01. The van der Waals surface area contributed by atoms with E-state index in [4.69, 9.17) is 5.73 Å². The summed E-state index contributed by atoms with van der Waals surface area (Å²) >= 11 is 4.24. The summed E-state index contributed by atoms with van der Waals surface area (Å²) in [5, 5.41) is 15.6. The SMILES string of the molecule is CC(C)CNc1nnc(SCC(=O)Nc2sc3c(c2C(N)=O)CCCC3)s1. The highest BCUT2D eigenvalue weighted by atomic mass is 32.2. The molecule has 0 saturated heterocycles. The monoisotopic (exact) mass is 425 g/mol. The van der Waals surface area contributed by atoms with Crippen molar-refractivity contribution in [2.45, 2.75) is 43.9 Å². The van der Waals surface area contributed by atoms with Crippen LogP contribution in [-0.2, 0) is 17.6 Å². The molecular formula is C17H23N5O2S3. The number of hydrogen-bond donors (Lipinski definition) is 3. The number of carbonyl (C=O) groups is 2. The van der Waals surface area contributed by atoms with Gasteiger partial charge in [0.2, 0.25) is 11.0 Å². The van der Waals surface area contributed by atoms with E-state index in [9.17, 15) is 9.59 Å². The lowest BCUT2D eigenvalue weighted by Crippen LogP contribution is -2.19. The predicted molar refractivity (Wildman–Crippen MR) is 112 cm³/mol. The molecule has 2 amide bonds. The maximum Gasteiger partial charge on any atom is 0.251 e. The van der Waals surface area contributed by atoms with E-state index < -0.39 is 5.91 Å². The molecule has 4 N–H and O–H groups in total. The van der Waals surface area contributed by atoms with Crippen molar-refractivity contribution < 1.29 is 9.59 Å². The molecule has 0 aromatic carbocycles. The van der Waals surface area contributed by atoms with Crippen LogP contribution >= 0.6 is 34.4 Å². The van der Waals surface area contributed by atoms with E-state index in [2.05, 4.69) is 34.7 Å². The number of nitrogens with two attached hydrogens (primary N) is 1. The number of nitrogens with one attached hydrogen (secondary N) is 2. The van der Waals surface area contributed by atoms with E-state index in [1.807, 2.05) is 0 Å². The fraction of sp³-hybridized carbons (Fsp3) is 0.529. The number of thioether (sulfide) groups is 1. The van der Waals surface area contributed by atoms with E-state index >= 15 is 0 Å². The van der Waals surface area contributed by atoms with Gasteiger partial charge in [-0.05, 0) is 37.2 Å². The molecule has 0 bridgehead atoms. The van der Waals surface area contributed by atoms with Gasteiger partial charge in [0.05, 0.1) is 11.3 Å². The Morgan fingerprint density at radius 2 is 2.00 bits per heavy atom. The quantitative estimate of drug-likeness (QED) is 0.559. The van der Waals surface area contributed by atoms with Gasteiger partial charge in [-0.3, -0.25) is 9.59 Å². The molecule has 0 unspecified atom stereocenters. The normalized spacial score (nSPS) is 13.4. The Morgan fingerprint density at radius 1 is 1.22 bits per heavy atom. The second kappa shape index (κ2) is 9.03. The maximum atomic E-state index is 12.4. The average molecular weight is 426 g/mol. The third-order valence-electron chi connectivity index (χ3n) is 4.07. The minimum Gasteiger partial charge on any atom is -0.365 e. The molecule has 0 saturated carbocycles. The molecule has 146 valence electrons. The van der Waals surface area contributed by atoms with Crippen molar-refractivity contribution in [2.75, 3.05) is 22.9 Å². The van der Waals surface area contributed by atoms with Gasteiger partial charge < -0.3 is 16.4 Å². The third kappa shape index (κ3) is 5.20. The van der Waals surface area contributed by atoms with Crippen molar-refractivity contribution in [1.29, 1.82) is 0 Å². The zero-order valence-electron chi connectivity index (χ0n) is 15.3. The summed E-state index contributed by atoms with van der Waals surface area (Å²) < 4.78 is 0.733. The van der Waals surface area contributed by atoms with Crippen molar-refractivity contribution in [2.24, 2.45) is 11.7 Å². The molecule has 2 heterocycles. The number of fused-ring (bicyclic) bond motifs is 1. The summed E-state index contributed by atoms with van der Waals surface area (Å²) in [5.41, 5.74) is 7.07. The Balaban J connectivity index is 1.58. The first kappa shape index (κ1) is 20.1. The van der Waals surface area contributed by atoms with E-state index in [1.165, 1.54) is 39.3 Å². The Labute approximate surface area is 170 Å². The Hall–Kier alpha value is -1.65. The van der Waals surface area contributed by atoms with E-state index in [0.717, 1.165) is 47.3 Å². The molecule has 0 aliphatic heterocycles. The van der Waals surface area contributed by atoms with Gasteiger partial charge in [-0.25, -0.2) is 0 Å². The molecule has 2 aromatic rings. The lowest BCUT2D eigenvalue weighted by molar-refractivity contribution is -0.113. The number of thiophene rings is 1. The standard InChI is InChI=1S/C17H23N5O2S3/c1-9(2)7-19-16-21-22-17(27-16)25-8-12(23)20-15-13(14(18)24)10-5-3-4-6-11(10)26-15/h9H,3-8H2,1-2H3,(H2,18,24)(H,19,21)(H,20,23). The van der Waals surface area contributed by atoms with Crippen LogP contribution in [0.4, 0.5) is 10.1 Å². The van der Waals surface area contributed by atoms with Gasteiger partial charge in [-0.2, -0.15) is 0 Å². The lowest BCUT2D eigenvalue weighted by Gasteiger charge is -2.11. The first-order chi connectivity index (χ1) is 12.9. The number of amides is 2. The molecular weight excluding hydrogens is 402 g/mol. The lowest BCUT2D eigenvalue weighted by atomic mass is 9.95. The molecule has 1 aliphatic rings. The number of hydrogen-bond acceptors (Lipinski definition) is 8. The van der Waals surface area contributed by atoms with Gasteiger partial charge in [0.25, 0.3) is 5.91 Å². The van der Waals surface area contributed by atoms with Crippen molar-refractivity contribution in [3.05, 3.63) is 16.0 Å². The van der Waals surface area contributed by atoms with Crippen molar-refractivity contribution in [3.8, 4) is 0 Å². The van der Waals surface area contributed by atoms with E-state index in [0.29, 0.717) is 16.5 Å². The van der Waals surface area contributed by atoms with Gasteiger partial charge in [-0.15, -0.1) is 21.5 Å². The van der Waals surface area contributed by atoms with Crippen molar-refractivity contribution in [3.63, 3.8) is 0 Å². The van der Waals surface area contributed by atoms with Crippen LogP contribution < -0.4 is 16.4 Å². The summed E-state index contributed by atoms with van der Waals surface area (Å²) in [4.78, 5) is 25.4. The average Bonchev–Trinajstić information content (AvgIpc) is 3.21. The Bertz CT molecular complexity index is 831. The summed E-state index contributed by atoms with van der Waals surface area (Å²) in [7, 11) is 0. The molecule has 1 aliphatic carbocycles. The number of carbonyl (C=O) groups excluding carboxylic acids is 2. The van der Waals surface area contributed by atoms with Gasteiger partial charge in [0.15, 0.2) is 4.34 Å². The molecule has 27 heavy (non-hydrogen) atoms. The zero-order chi connectivity index (χ0) is 19.4. The predicted octanol–water partition coefficient (Wildman–Crippen LogP) is 3.38. The first-order valence-electron chi connectivity index (χ1n) is 8.88. The van der Waals surface area contributed by atoms with Gasteiger partial charge in [-0.1, -0.05) is 36.9 Å². The number of aromatic nitrogens is 2. The second-order valence-electron chi connectivity index (χ2n) is 6.76. The fourth-order valence-corrected chi connectivity index (χ4v) is 5.71. The van der Waals surface area contributed by atoms with Crippen LogP contribution in [0.25, 0.3) is 0 Å². The van der Waals surface area contributed by atoms with Crippen LogP contribution in [0.15, 0.2) is 4.34 Å². The van der Waals surface area contributed by atoms with Crippen molar-refractivity contribution >= 4 is 56.4 Å².